The molecule has 0 saturated carbocycles. The predicted octanol–water partition coefficient (Wildman–Crippen LogP) is 3.17. The number of nitrogens with zero attached hydrogens (tertiary/aromatic N) is 2. The number of fused-ring (bicyclic) bond motifs is 1. The van der Waals surface area contributed by atoms with Crippen molar-refractivity contribution < 1.29 is 14.6 Å². The largest absolute Gasteiger partial charge is 0.462 e. The fourth-order valence-electron chi connectivity index (χ4n) is 2.65. The Balaban J connectivity index is 2.06. The van der Waals surface area contributed by atoms with Gasteiger partial charge in [-0.1, -0.05) is 6.07 Å². The number of carbonyl (C=O) groups excluding carboxylic acids is 1. The van der Waals surface area contributed by atoms with E-state index in [1.807, 2.05) is 34.9 Å². The van der Waals surface area contributed by atoms with Crippen LogP contribution in [0.5, 0.6) is 0 Å². The molecule has 0 aliphatic rings. The maximum absolute atomic E-state index is 11.7. The van der Waals surface area contributed by atoms with Crippen LogP contribution in [0.4, 0.5) is 0 Å². The van der Waals surface area contributed by atoms with Crippen LogP contribution in [0.25, 0.3) is 16.6 Å². The van der Waals surface area contributed by atoms with Crippen LogP contribution in [0.3, 0.4) is 0 Å². The molecule has 0 aliphatic heterocycles. The zero-order valence-electron chi connectivity index (χ0n) is 13.2. The second-order valence-electron chi connectivity index (χ2n) is 5.30. The van der Waals surface area contributed by atoms with E-state index in [9.17, 15) is 15.2 Å². The van der Waals surface area contributed by atoms with Crippen molar-refractivity contribution in [3.05, 3.63) is 65.4 Å². The third-order valence-electron chi connectivity index (χ3n) is 3.83. The fourth-order valence-corrected chi connectivity index (χ4v) is 2.65. The van der Waals surface area contributed by atoms with Crippen molar-refractivity contribution in [3.8, 4) is 11.8 Å². The number of esters is 1. The van der Waals surface area contributed by atoms with Gasteiger partial charge in [0.05, 0.1) is 29.9 Å². The van der Waals surface area contributed by atoms with E-state index in [1.54, 1.807) is 25.3 Å². The summed E-state index contributed by atoms with van der Waals surface area (Å²) in [4.78, 5) is 11.7. The molecular weight excluding hydrogens is 304 g/mol. The first-order valence-corrected chi connectivity index (χ1v) is 7.60. The van der Waals surface area contributed by atoms with Crippen molar-refractivity contribution in [2.75, 3.05) is 6.61 Å². The first-order chi connectivity index (χ1) is 11.7. The molecule has 5 nitrogen and oxygen atoms in total. The second kappa shape index (κ2) is 6.57. The monoisotopic (exact) mass is 320 g/mol. The van der Waals surface area contributed by atoms with Crippen molar-refractivity contribution in [3.63, 3.8) is 0 Å². The molecule has 120 valence electrons. The summed E-state index contributed by atoms with van der Waals surface area (Å²) in [7, 11) is 0. The van der Waals surface area contributed by atoms with Gasteiger partial charge in [-0.3, -0.25) is 0 Å². The third-order valence-corrected chi connectivity index (χ3v) is 3.83. The number of carbonyl (C=O) groups is 1. The lowest BCUT2D eigenvalue weighted by atomic mass is 10.1. The number of rotatable bonds is 4. The minimum Gasteiger partial charge on any atom is -0.462 e. The molecule has 0 fully saturated rings. The molecule has 2 aromatic carbocycles. The maximum atomic E-state index is 11.7. The Bertz CT molecular complexity index is 934. The molecule has 0 bridgehead atoms. The van der Waals surface area contributed by atoms with Crippen molar-refractivity contribution in [2.24, 2.45) is 0 Å². The van der Waals surface area contributed by atoms with Gasteiger partial charge in [0.2, 0.25) is 0 Å². The summed E-state index contributed by atoms with van der Waals surface area (Å²) in [6.07, 6.45) is 1.76. The van der Waals surface area contributed by atoms with Gasteiger partial charge >= 0.3 is 5.97 Å². The molecule has 0 radical (unpaired) electrons. The predicted molar refractivity (Wildman–Crippen MR) is 89.9 cm³/mol. The van der Waals surface area contributed by atoms with E-state index in [0.29, 0.717) is 17.7 Å². The van der Waals surface area contributed by atoms with E-state index in [1.165, 1.54) is 0 Å². The number of benzene rings is 2. The van der Waals surface area contributed by atoms with Crippen molar-refractivity contribution in [1.29, 1.82) is 5.26 Å². The summed E-state index contributed by atoms with van der Waals surface area (Å²) in [5.74, 6) is -0.355. The van der Waals surface area contributed by atoms with E-state index in [-0.39, 0.29) is 12.6 Å². The van der Waals surface area contributed by atoms with Gasteiger partial charge in [-0.05, 0) is 48.9 Å². The average Bonchev–Trinajstić information content (AvgIpc) is 3.00. The van der Waals surface area contributed by atoms with E-state index < -0.39 is 0 Å². The van der Waals surface area contributed by atoms with Gasteiger partial charge in [-0.15, -0.1) is 0 Å². The molecule has 1 heterocycles. The van der Waals surface area contributed by atoms with Crippen LogP contribution in [-0.4, -0.2) is 22.2 Å². The van der Waals surface area contributed by atoms with Crippen LogP contribution in [0.15, 0.2) is 48.7 Å². The first-order valence-electron chi connectivity index (χ1n) is 7.60. The van der Waals surface area contributed by atoms with Gasteiger partial charge in [-0.25, -0.2) is 4.79 Å². The Morgan fingerprint density at radius 1 is 1.25 bits per heavy atom. The highest BCUT2D eigenvalue weighted by Gasteiger charge is 2.11. The minimum atomic E-state index is -0.355. The van der Waals surface area contributed by atoms with E-state index in [2.05, 4.69) is 6.07 Å². The number of nitriles is 1. The normalized spacial score (nSPS) is 10.5. The topological polar surface area (TPSA) is 75.2 Å². The molecule has 0 amide bonds. The first kappa shape index (κ1) is 15.8. The van der Waals surface area contributed by atoms with Gasteiger partial charge in [0.25, 0.3) is 0 Å². The molecule has 0 spiro atoms. The lowest BCUT2D eigenvalue weighted by Gasteiger charge is -2.07. The van der Waals surface area contributed by atoms with E-state index >= 15 is 0 Å². The van der Waals surface area contributed by atoms with Crippen LogP contribution in [0, 0.1) is 11.3 Å². The van der Waals surface area contributed by atoms with Crippen LogP contribution >= 0.6 is 0 Å². The van der Waals surface area contributed by atoms with Gasteiger partial charge in [0.15, 0.2) is 0 Å². The molecule has 0 aliphatic carbocycles. The smallest absolute Gasteiger partial charge is 0.338 e. The SMILES string of the molecule is CCOC(=O)c1ccc(-n2cc(C#N)c3cc(CO)ccc32)cc1. The highest BCUT2D eigenvalue weighted by Crippen LogP contribution is 2.26. The molecule has 24 heavy (non-hydrogen) atoms. The number of hydrogen-bond donors (Lipinski definition) is 1. The number of ether oxygens (including phenoxy) is 1. The fraction of sp³-hybridized carbons (Fsp3) is 0.158. The molecule has 0 saturated heterocycles. The molecule has 3 aromatic rings. The Morgan fingerprint density at radius 2 is 2.00 bits per heavy atom. The van der Waals surface area contributed by atoms with Crippen molar-refractivity contribution in [2.45, 2.75) is 13.5 Å². The summed E-state index contributed by atoms with van der Waals surface area (Å²) in [6.45, 7) is 2.03. The van der Waals surface area contributed by atoms with Crippen LogP contribution in [0.1, 0.15) is 28.4 Å². The van der Waals surface area contributed by atoms with Gasteiger partial charge in [0, 0.05) is 17.3 Å². The lowest BCUT2D eigenvalue weighted by molar-refractivity contribution is 0.0526. The molecule has 1 aromatic heterocycles. The Kier molecular flexibility index (Phi) is 4.32. The van der Waals surface area contributed by atoms with Gasteiger partial charge in [-0.2, -0.15) is 5.26 Å². The number of aromatic nitrogens is 1. The van der Waals surface area contributed by atoms with Crippen LogP contribution in [-0.2, 0) is 11.3 Å². The van der Waals surface area contributed by atoms with E-state index in [4.69, 9.17) is 4.74 Å². The Hall–Kier alpha value is -3.10. The molecule has 5 heteroatoms. The Morgan fingerprint density at radius 3 is 2.62 bits per heavy atom. The second-order valence-corrected chi connectivity index (χ2v) is 5.30. The summed E-state index contributed by atoms with van der Waals surface area (Å²) in [5, 5.41) is 19.4. The van der Waals surface area contributed by atoms with Crippen molar-refractivity contribution >= 4 is 16.9 Å². The van der Waals surface area contributed by atoms with Crippen LogP contribution in [0.2, 0.25) is 0 Å². The molecule has 0 atom stereocenters. The van der Waals surface area contributed by atoms with Crippen molar-refractivity contribution in [1.82, 2.24) is 4.57 Å². The number of aliphatic hydroxyl groups excluding tert-OH is 1. The zero-order chi connectivity index (χ0) is 17.1. The lowest BCUT2D eigenvalue weighted by Crippen LogP contribution is -2.04. The minimum absolute atomic E-state index is 0.0692. The molecule has 0 unspecified atom stereocenters. The quantitative estimate of drug-likeness (QED) is 0.749. The third kappa shape index (κ3) is 2.75. The molecule has 1 N–H and O–H groups in total. The summed E-state index contributed by atoms with van der Waals surface area (Å²) in [5.41, 5.74) is 3.49. The van der Waals surface area contributed by atoms with Gasteiger partial charge < -0.3 is 14.4 Å². The summed E-state index contributed by atoms with van der Waals surface area (Å²) in [6, 6.07) is 14.7. The zero-order valence-corrected chi connectivity index (χ0v) is 13.2. The maximum Gasteiger partial charge on any atom is 0.338 e. The van der Waals surface area contributed by atoms with Crippen LogP contribution < -0.4 is 0 Å². The van der Waals surface area contributed by atoms with Gasteiger partial charge in [0.1, 0.15) is 6.07 Å². The standard InChI is InChI=1S/C19H16N2O3/c1-2-24-19(23)14-4-6-16(7-5-14)21-11-15(10-20)17-9-13(12-22)3-8-18(17)21/h3-9,11,22H,2,12H2,1H3. The number of hydrogen-bond acceptors (Lipinski definition) is 4. The average molecular weight is 320 g/mol. The summed E-state index contributed by atoms with van der Waals surface area (Å²) >= 11 is 0. The highest BCUT2D eigenvalue weighted by molar-refractivity contribution is 5.90. The molecule has 3 rings (SSSR count). The number of aliphatic hydroxyl groups is 1. The highest BCUT2D eigenvalue weighted by atomic mass is 16.5. The summed E-state index contributed by atoms with van der Waals surface area (Å²) < 4.78 is 6.87. The Labute approximate surface area is 139 Å². The van der Waals surface area contributed by atoms with E-state index in [0.717, 1.165) is 22.2 Å². The molecular formula is C19H16N2O3.